The maximum absolute atomic E-state index is 5.33. The van der Waals surface area contributed by atoms with Crippen molar-refractivity contribution in [1.82, 2.24) is 10.3 Å². The van der Waals surface area contributed by atoms with Crippen molar-refractivity contribution in [3.8, 4) is 0 Å². The molecule has 0 amide bonds. The topological polar surface area (TPSA) is 37.4 Å². The van der Waals surface area contributed by atoms with E-state index in [0.29, 0.717) is 5.92 Å². The second-order valence-electron chi connectivity index (χ2n) is 5.64. The minimum Gasteiger partial charge on any atom is -0.384 e. The quantitative estimate of drug-likeness (QED) is 0.866. The predicted octanol–water partition coefficient (Wildman–Crippen LogP) is 2.36. The van der Waals surface area contributed by atoms with Gasteiger partial charge in [0.2, 0.25) is 0 Å². The van der Waals surface area contributed by atoms with Crippen molar-refractivity contribution in [3.05, 3.63) is 23.5 Å². The summed E-state index contributed by atoms with van der Waals surface area (Å²) in [5, 5.41) is 3.41. The number of ether oxygens (including phenoxy) is 1. The maximum atomic E-state index is 5.33. The molecule has 1 unspecified atom stereocenters. The molecule has 1 aromatic rings. The van der Waals surface area contributed by atoms with E-state index >= 15 is 0 Å². The third kappa shape index (κ3) is 3.93. The van der Waals surface area contributed by atoms with Crippen molar-refractivity contribution in [3.63, 3.8) is 0 Å². The van der Waals surface area contributed by atoms with Gasteiger partial charge in [0, 0.05) is 49.9 Å². The number of hydrogen-bond acceptors (Lipinski definition) is 4. The molecule has 0 saturated carbocycles. The van der Waals surface area contributed by atoms with Gasteiger partial charge in [0.1, 0.15) is 0 Å². The Labute approximate surface area is 122 Å². The molecule has 2 rings (SSSR count). The lowest BCUT2D eigenvalue weighted by Gasteiger charge is -2.35. The zero-order valence-corrected chi connectivity index (χ0v) is 13.0. The van der Waals surface area contributed by atoms with Crippen LogP contribution >= 0.6 is 0 Å². The first-order valence-corrected chi connectivity index (χ1v) is 7.64. The van der Waals surface area contributed by atoms with Crippen LogP contribution in [0.1, 0.15) is 31.0 Å². The van der Waals surface area contributed by atoms with Crippen LogP contribution in [-0.2, 0) is 11.3 Å². The van der Waals surface area contributed by atoms with Gasteiger partial charge in [0.15, 0.2) is 0 Å². The Kier molecular flexibility index (Phi) is 5.80. The summed E-state index contributed by atoms with van der Waals surface area (Å²) in [5.74, 6) is 0.647. The highest BCUT2D eigenvalue weighted by Gasteiger charge is 2.21. The molecule has 4 heteroatoms. The van der Waals surface area contributed by atoms with Gasteiger partial charge in [0.25, 0.3) is 0 Å². The number of nitrogens with zero attached hydrogens (tertiary/aromatic N) is 2. The summed E-state index contributed by atoms with van der Waals surface area (Å²) in [6.07, 6.45) is 4.54. The highest BCUT2D eigenvalue weighted by Crippen LogP contribution is 2.27. The molecule has 1 aliphatic rings. The minimum absolute atomic E-state index is 0.647. The Hall–Kier alpha value is -1.13. The van der Waals surface area contributed by atoms with E-state index in [2.05, 4.69) is 35.1 Å². The van der Waals surface area contributed by atoms with Gasteiger partial charge in [-0.3, -0.25) is 4.98 Å². The van der Waals surface area contributed by atoms with Crippen LogP contribution in [0.4, 0.5) is 5.69 Å². The van der Waals surface area contributed by atoms with E-state index < -0.39 is 0 Å². The molecule has 0 bridgehead atoms. The molecule has 1 aliphatic heterocycles. The molecule has 0 aromatic carbocycles. The Morgan fingerprint density at radius 2 is 2.35 bits per heavy atom. The number of methoxy groups -OCH3 is 1. The molecule has 0 spiro atoms. The number of aryl methyl sites for hydroxylation is 1. The molecule has 1 N–H and O–H groups in total. The fraction of sp³-hybridized carbons (Fsp3) is 0.688. The third-order valence-corrected chi connectivity index (χ3v) is 3.93. The van der Waals surface area contributed by atoms with Crippen molar-refractivity contribution in [2.45, 2.75) is 33.2 Å². The summed E-state index contributed by atoms with van der Waals surface area (Å²) >= 11 is 0. The molecule has 0 radical (unpaired) electrons. The van der Waals surface area contributed by atoms with E-state index in [1.807, 2.05) is 6.20 Å². The number of aromatic nitrogens is 1. The van der Waals surface area contributed by atoms with Crippen molar-refractivity contribution in [2.24, 2.45) is 5.92 Å². The number of piperidine rings is 1. The van der Waals surface area contributed by atoms with Gasteiger partial charge in [-0.05, 0) is 38.3 Å². The second-order valence-corrected chi connectivity index (χ2v) is 5.64. The van der Waals surface area contributed by atoms with Crippen LogP contribution in [0.2, 0.25) is 0 Å². The average molecular weight is 277 g/mol. The molecular formula is C16H27N3O. The van der Waals surface area contributed by atoms with Crippen LogP contribution in [0.3, 0.4) is 0 Å². The molecule has 1 saturated heterocycles. The van der Waals surface area contributed by atoms with Crippen molar-refractivity contribution < 1.29 is 4.74 Å². The molecule has 1 fully saturated rings. The van der Waals surface area contributed by atoms with Crippen molar-refractivity contribution in [2.75, 3.05) is 38.3 Å². The fourth-order valence-corrected chi connectivity index (χ4v) is 2.92. The second kappa shape index (κ2) is 7.60. The Morgan fingerprint density at radius 1 is 1.50 bits per heavy atom. The first kappa shape index (κ1) is 15.3. The van der Waals surface area contributed by atoms with Gasteiger partial charge in [0.05, 0.1) is 6.61 Å². The van der Waals surface area contributed by atoms with E-state index in [1.165, 1.54) is 24.1 Å². The van der Waals surface area contributed by atoms with Gasteiger partial charge < -0.3 is 15.0 Å². The van der Waals surface area contributed by atoms with E-state index in [-0.39, 0.29) is 0 Å². The summed E-state index contributed by atoms with van der Waals surface area (Å²) in [4.78, 5) is 6.96. The van der Waals surface area contributed by atoms with Crippen molar-refractivity contribution >= 4 is 5.69 Å². The Balaban J connectivity index is 2.14. The average Bonchev–Trinajstić information content (AvgIpc) is 2.46. The lowest BCUT2D eigenvalue weighted by Crippen LogP contribution is -2.38. The van der Waals surface area contributed by atoms with E-state index in [1.54, 1.807) is 7.11 Å². The largest absolute Gasteiger partial charge is 0.384 e. The van der Waals surface area contributed by atoms with Crippen LogP contribution in [-0.4, -0.2) is 38.3 Å². The van der Waals surface area contributed by atoms with Gasteiger partial charge in [-0.2, -0.15) is 0 Å². The van der Waals surface area contributed by atoms with Crippen LogP contribution in [0, 0.1) is 12.8 Å². The van der Waals surface area contributed by atoms with Gasteiger partial charge in [-0.15, -0.1) is 0 Å². The molecule has 4 nitrogen and oxygen atoms in total. The minimum atomic E-state index is 0.647. The smallest absolute Gasteiger partial charge is 0.0507 e. The first-order valence-electron chi connectivity index (χ1n) is 7.64. The van der Waals surface area contributed by atoms with Gasteiger partial charge >= 0.3 is 0 Å². The van der Waals surface area contributed by atoms with Crippen LogP contribution in [0.5, 0.6) is 0 Å². The molecule has 1 aromatic heterocycles. The lowest BCUT2D eigenvalue weighted by molar-refractivity contribution is 0.143. The summed E-state index contributed by atoms with van der Waals surface area (Å²) in [5.41, 5.74) is 3.74. The van der Waals surface area contributed by atoms with E-state index in [9.17, 15) is 0 Å². The summed E-state index contributed by atoms with van der Waals surface area (Å²) in [6.45, 7) is 9.18. The monoisotopic (exact) mass is 277 g/mol. The molecule has 1 atom stereocenters. The number of anilines is 1. The third-order valence-electron chi connectivity index (χ3n) is 3.93. The molecular weight excluding hydrogens is 250 g/mol. The SMILES string of the molecule is CCNCc1cnc(C)cc1N1CCCC(COC)C1. The predicted molar refractivity (Wildman–Crippen MR) is 83.2 cm³/mol. The lowest BCUT2D eigenvalue weighted by atomic mass is 9.97. The number of nitrogens with one attached hydrogen (secondary N) is 1. The van der Waals surface area contributed by atoms with Crippen LogP contribution in [0.25, 0.3) is 0 Å². The Morgan fingerprint density at radius 3 is 3.10 bits per heavy atom. The van der Waals surface area contributed by atoms with Crippen LogP contribution < -0.4 is 10.2 Å². The molecule has 0 aliphatic carbocycles. The maximum Gasteiger partial charge on any atom is 0.0507 e. The summed E-state index contributed by atoms with van der Waals surface area (Å²) in [7, 11) is 1.80. The molecule has 2 heterocycles. The van der Waals surface area contributed by atoms with Gasteiger partial charge in [-0.1, -0.05) is 6.92 Å². The number of pyridine rings is 1. The number of hydrogen-bond donors (Lipinski definition) is 1. The Bertz CT molecular complexity index is 420. The summed E-state index contributed by atoms with van der Waals surface area (Å²) in [6, 6.07) is 2.22. The first-order chi connectivity index (χ1) is 9.74. The molecule has 112 valence electrons. The highest BCUT2D eigenvalue weighted by atomic mass is 16.5. The number of rotatable bonds is 6. The van der Waals surface area contributed by atoms with Crippen LogP contribution in [0.15, 0.2) is 12.3 Å². The molecule has 20 heavy (non-hydrogen) atoms. The normalized spacial score (nSPS) is 19.4. The standard InChI is InChI=1S/C16H27N3O/c1-4-17-9-15-10-18-13(2)8-16(15)19-7-5-6-14(11-19)12-20-3/h8,10,14,17H,4-7,9,11-12H2,1-3H3. The van der Waals surface area contributed by atoms with E-state index in [4.69, 9.17) is 4.74 Å². The van der Waals surface area contributed by atoms with Crippen molar-refractivity contribution in [1.29, 1.82) is 0 Å². The van der Waals surface area contributed by atoms with Gasteiger partial charge in [-0.25, -0.2) is 0 Å². The zero-order valence-electron chi connectivity index (χ0n) is 13.0. The van der Waals surface area contributed by atoms with E-state index in [0.717, 1.165) is 38.5 Å². The zero-order chi connectivity index (χ0) is 14.4. The summed E-state index contributed by atoms with van der Waals surface area (Å²) < 4.78 is 5.33. The highest BCUT2D eigenvalue weighted by molar-refractivity contribution is 5.54. The fourth-order valence-electron chi connectivity index (χ4n) is 2.92.